The van der Waals surface area contributed by atoms with Gasteiger partial charge in [0.1, 0.15) is 5.75 Å². The molecule has 0 fully saturated rings. The molecule has 1 aromatic carbocycles. The first-order chi connectivity index (χ1) is 9.63. The van der Waals surface area contributed by atoms with Crippen LogP contribution in [0.5, 0.6) is 11.5 Å². The van der Waals surface area contributed by atoms with Crippen molar-refractivity contribution in [2.75, 3.05) is 25.1 Å². The normalized spacial score (nSPS) is 15.9. The predicted molar refractivity (Wildman–Crippen MR) is 78.5 cm³/mol. The van der Waals surface area contributed by atoms with Crippen LogP contribution in [0.15, 0.2) is 6.07 Å². The van der Waals surface area contributed by atoms with Crippen molar-refractivity contribution in [3.63, 3.8) is 0 Å². The summed E-state index contributed by atoms with van der Waals surface area (Å²) >= 11 is 0. The average molecular weight is 293 g/mol. The number of nitrogens with zero attached hydrogens (tertiary/aromatic N) is 1. The van der Waals surface area contributed by atoms with Gasteiger partial charge in [-0.1, -0.05) is 13.8 Å². The summed E-state index contributed by atoms with van der Waals surface area (Å²) in [5.41, 5.74) is 6.03. The van der Waals surface area contributed by atoms with Crippen LogP contribution in [0.2, 0.25) is 0 Å². The van der Waals surface area contributed by atoms with E-state index in [1.165, 1.54) is 11.0 Å². The molecule has 2 rings (SSSR count). The van der Waals surface area contributed by atoms with E-state index in [-0.39, 0.29) is 35.2 Å². The summed E-state index contributed by atoms with van der Waals surface area (Å²) in [6.07, 6.45) is -0.391. The van der Waals surface area contributed by atoms with E-state index in [0.717, 1.165) is 0 Å². The number of phenols is 1. The highest BCUT2D eigenvalue weighted by Crippen LogP contribution is 2.49. The lowest BCUT2D eigenvalue weighted by Gasteiger charge is -2.34. The van der Waals surface area contributed by atoms with Crippen molar-refractivity contribution in [3.05, 3.63) is 11.6 Å². The highest BCUT2D eigenvalue weighted by atomic mass is 16.6. The number of benzene rings is 1. The summed E-state index contributed by atoms with van der Waals surface area (Å²) in [6, 6.07) is 1.33. The van der Waals surface area contributed by atoms with Crippen molar-refractivity contribution in [1.29, 1.82) is 0 Å². The predicted octanol–water partition coefficient (Wildman–Crippen LogP) is 1.65. The second-order valence-electron chi connectivity index (χ2n) is 5.93. The molecule has 4 N–H and O–H groups in total. The number of nitrogen functional groups attached to an aromatic ring is 1. The Balaban J connectivity index is 2.61. The van der Waals surface area contributed by atoms with Crippen molar-refractivity contribution in [1.82, 2.24) is 4.90 Å². The number of nitrogens with one attached hydrogen (secondary N) is 1. The molecule has 1 aromatic rings. The van der Waals surface area contributed by atoms with Crippen LogP contribution in [-0.4, -0.2) is 36.1 Å². The Hall–Kier alpha value is -2.44. The zero-order chi connectivity index (χ0) is 15.9. The molecule has 2 amide bonds. The molecule has 1 heterocycles. The van der Waals surface area contributed by atoms with Crippen LogP contribution in [0.4, 0.5) is 16.2 Å². The van der Waals surface area contributed by atoms with E-state index < -0.39 is 11.5 Å². The third-order valence-corrected chi connectivity index (χ3v) is 3.40. The Kier molecular flexibility index (Phi) is 3.44. The van der Waals surface area contributed by atoms with E-state index in [9.17, 15) is 14.7 Å². The second kappa shape index (κ2) is 4.83. The molecule has 0 saturated carbocycles. The van der Waals surface area contributed by atoms with E-state index in [2.05, 4.69) is 5.32 Å². The third kappa shape index (κ3) is 2.58. The van der Waals surface area contributed by atoms with Gasteiger partial charge in [0, 0.05) is 37.6 Å². The number of amides is 2. The second-order valence-corrected chi connectivity index (χ2v) is 5.93. The Morgan fingerprint density at radius 3 is 2.67 bits per heavy atom. The van der Waals surface area contributed by atoms with Crippen LogP contribution < -0.4 is 15.8 Å². The van der Waals surface area contributed by atoms with Crippen LogP contribution in [-0.2, 0) is 10.2 Å². The average Bonchev–Trinajstić information content (AvgIpc) is 2.33. The fraction of sp³-hybridized carbons (Fsp3) is 0.429. The molecule has 1 aliphatic heterocycles. The standard InChI is InChI=1S/C14H19N3O4/c1-14(2)6-9(18)16-11-8(21-13(20)17(3)4)5-7(15)12(19)10(11)14/h5,19H,6,15H2,1-4H3,(H,16,18). The van der Waals surface area contributed by atoms with Crippen LogP contribution in [0.1, 0.15) is 25.8 Å². The molecule has 1 aliphatic rings. The summed E-state index contributed by atoms with van der Waals surface area (Å²) in [5, 5.41) is 12.9. The van der Waals surface area contributed by atoms with Crippen LogP contribution in [0.3, 0.4) is 0 Å². The largest absolute Gasteiger partial charge is 0.505 e. The Morgan fingerprint density at radius 1 is 1.48 bits per heavy atom. The van der Waals surface area contributed by atoms with Gasteiger partial charge in [-0.3, -0.25) is 4.79 Å². The first kappa shape index (κ1) is 15.0. The highest BCUT2D eigenvalue weighted by Gasteiger charge is 2.37. The number of carbonyl (C=O) groups is 2. The van der Waals surface area contributed by atoms with Crippen LogP contribution in [0, 0.1) is 0 Å². The first-order valence-corrected chi connectivity index (χ1v) is 6.48. The van der Waals surface area contributed by atoms with Crippen molar-refractivity contribution in [2.24, 2.45) is 0 Å². The summed E-state index contributed by atoms with van der Waals surface area (Å²) in [5.74, 6) is -0.182. The number of nitrogens with two attached hydrogens (primary N) is 1. The van der Waals surface area contributed by atoms with E-state index in [0.29, 0.717) is 5.56 Å². The Bertz CT molecular complexity index is 623. The van der Waals surface area contributed by atoms with Gasteiger partial charge in [-0.15, -0.1) is 0 Å². The maximum atomic E-state index is 11.8. The number of hydrogen-bond donors (Lipinski definition) is 3. The molecular weight excluding hydrogens is 274 g/mol. The van der Waals surface area contributed by atoms with E-state index in [1.807, 2.05) is 13.8 Å². The molecule has 0 aromatic heterocycles. The van der Waals surface area contributed by atoms with Gasteiger partial charge in [0.15, 0.2) is 5.75 Å². The molecule has 0 spiro atoms. The fourth-order valence-electron chi connectivity index (χ4n) is 2.39. The maximum Gasteiger partial charge on any atom is 0.414 e. The minimum absolute atomic E-state index is 0.0968. The lowest BCUT2D eigenvalue weighted by atomic mass is 9.77. The fourth-order valence-corrected chi connectivity index (χ4v) is 2.39. The molecule has 0 saturated heterocycles. The lowest BCUT2D eigenvalue weighted by Crippen LogP contribution is -2.34. The Morgan fingerprint density at radius 2 is 2.10 bits per heavy atom. The van der Waals surface area contributed by atoms with Gasteiger partial charge in [-0.2, -0.15) is 0 Å². The molecular formula is C14H19N3O4. The van der Waals surface area contributed by atoms with Gasteiger partial charge in [0.2, 0.25) is 5.91 Å². The quantitative estimate of drug-likeness (QED) is 0.539. The van der Waals surface area contributed by atoms with E-state index >= 15 is 0 Å². The molecule has 114 valence electrons. The number of aromatic hydroxyl groups is 1. The van der Waals surface area contributed by atoms with E-state index in [4.69, 9.17) is 10.5 Å². The molecule has 0 aliphatic carbocycles. The monoisotopic (exact) mass is 293 g/mol. The smallest absolute Gasteiger partial charge is 0.414 e. The topological polar surface area (TPSA) is 105 Å². The molecule has 7 nitrogen and oxygen atoms in total. The number of phenolic OH excluding ortho intramolecular Hbond substituents is 1. The number of ether oxygens (including phenoxy) is 1. The summed E-state index contributed by atoms with van der Waals surface area (Å²) in [4.78, 5) is 24.8. The highest BCUT2D eigenvalue weighted by molar-refractivity contribution is 5.99. The van der Waals surface area contributed by atoms with Crippen molar-refractivity contribution in [2.45, 2.75) is 25.7 Å². The van der Waals surface area contributed by atoms with Gasteiger partial charge in [-0.05, 0) is 0 Å². The first-order valence-electron chi connectivity index (χ1n) is 6.48. The van der Waals surface area contributed by atoms with Gasteiger partial charge in [0.05, 0.1) is 11.4 Å². The summed E-state index contributed by atoms with van der Waals surface area (Å²) < 4.78 is 5.23. The number of rotatable bonds is 1. The van der Waals surface area contributed by atoms with Crippen molar-refractivity contribution < 1.29 is 19.4 Å². The van der Waals surface area contributed by atoms with Gasteiger partial charge >= 0.3 is 6.09 Å². The molecule has 0 radical (unpaired) electrons. The molecule has 0 unspecified atom stereocenters. The Labute approximate surface area is 122 Å². The van der Waals surface area contributed by atoms with Crippen molar-refractivity contribution in [3.8, 4) is 11.5 Å². The number of carbonyl (C=O) groups excluding carboxylic acids is 2. The van der Waals surface area contributed by atoms with Crippen LogP contribution >= 0.6 is 0 Å². The van der Waals surface area contributed by atoms with Crippen molar-refractivity contribution >= 4 is 23.4 Å². The third-order valence-electron chi connectivity index (χ3n) is 3.40. The van der Waals surface area contributed by atoms with Crippen LogP contribution in [0.25, 0.3) is 0 Å². The lowest BCUT2D eigenvalue weighted by molar-refractivity contribution is -0.117. The van der Waals surface area contributed by atoms with Gasteiger partial charge in [0.25, 0.3) is 0 Å². The molecule has 0 atom stereocenters. The van der Waals surface area contributed by atoms with Gasteiger partial charge < -0.3 is 25.8 Å². The number of fused-ring (bicyclic) bond motifs is 1. The van der Waals surface area contributed by atoms with Gasteiger partial charge in [-0.25, -0.2) is 4.79 Å². The SMILES string of the molecule is CN(C)C(=O)Oc1cc(N)c(O)c2c1NC(=O)CC2(C)C. The summed E-state index contributed by atoms with van der Waals surface area (Å²) in [7, 11) is 3.09. The number of anilines is 2. The zero-order valence-electron chi connectivity index (χ0n) is 12.5. The maximum absolute atomic E-state index is 11.8. The molecule has 7 heteroatoms. The minimum Gasteiger partial charge on any atom is -0.505 e. The minimum atomic E-state index is -0.615. The molecule has 21 heavy (non-hydrogen) atoms. The summed E-state index contributed by atoms with van der Waals surface area (Å²) in [6.45, 7) is 3.64. The van der Waals surface area contributed by atoms with E-state index in [1.54, 1.807) is 14.1 Å². The zero-order valence-corrected chi connectivity index (χ0v) is 12.5. The number of hydrogen-bond acceptors (Lipinski definition) is 5. The molecule has 0 bridgehead atoms.